The fourth-order valence-corrected chi connectivity index (χ4v) is 2.16. The number of aliphatic hydroxyl groups is 1. The Morgan fingerprint density at radius 2 is 2.17 bits per heavy atom. The van der Waals surface area contributed by atoms with E-state index in [2.05, 4.69) is 15.3 Å². The van der Waals surface area contributed by atoms with Crippen LogP contribution in [0.5, 0.6) is 0 Å². The van der Waals surface area contributed by atoms with Crippen LogP contribution < -0.4 is 5.32 Å². The molecule has 0 aliphatic carbocycles. The molecule has 1 atom stereocenters. The first-order chi connectivity index (χ1) is 10.9. The molecule has 3 N–H and O–H groups in total. The number of rotatable bonds is 6. The molecule has 0 bridgehead atoms. The second-order valence-corrected chi connectivity index (χ2v) is 5.73. The number of aliphatic hydroxyl groups excluding tert-OH is 1. The van der Waals surface area contributed by atoms with E-state index in [1.165, 1.54) is 4.90 Å². The molecule has 7 nitrogen and oxygen atoms in total. The number of pyridine rings is 1. The number of amides is 2. The van der Waals surface area contributed by atoms with Crippen molar-refractivity contribution in [1.82, 2.24) is 20.2 Å². The molecule has 23 heavy (non-hydrogen) atoms. The zero-order chi connectivity index (χ0) is 17.0. The number of hydrogen-bond donors (Lipinski definition) is 3. The predicted octanol–water partition coefficient (Wildman–Crippen LogP) is 0.830. The highest BCUT2D eigenvalue weighted by atomic mass is 16.3. The van der Waals surface area contributed by atoms with E-state index in [-0.39, 0.29) is 18.4 Å². The molecule has 124 valence electrons. The first-order valence-electron chi connectivity index (χ1n) is 7.52. The van der Waals surface area contributed by atoms with Crippen LogP contribution in [-0.4, -0.2) is 58.0 Å². The van der Waals surface area contributed by atoms with Gasteiger partial charge in [-0.25, -0.2) is 0 Å². The third kappa shape index (κ3) is 4.53. The number of hydrogen-bond acceptors (Lipinski definition) is 4. The molecule has 0 saturated heterocycles. The summed E-state index contributed by atoms with van der Waals surface area (Å²) in [4.78, 5) is 32.7. The van der Waals surface area contributed by atoms with E-state index in [4.69, 9.17) is 0 Å². The van der Waals surface area contributed by atoms with Crippen LogP contribution in [0, 0.1) is 6.92 Å². The Labute approximate surface area is 134 Å². The van der Waals surface area contributed by atoms with E-state index in [0.717, 1.165) is 16.6 Å². The molecule has 0 aliphatic rings. The summed E-state index contributed by atoms with van der Waals surface area (Å²) in [6.45, 7) is 3.92. The summed E-state index contributed by atoms with van der Waals surface area (Å²) in [7, 11) is 1.65. The van der Waals surface area contributed by atoms with Gasteiger partial charge in [0.2, 0.25) is 5.91 Å². The maximum Gasteiger partial charge on any atom is 0.268 e. The van der Waals surface area contributed by atoms with Crippen LogP contribution in [0.15, 0.2) is 18.3 Å². The molecule has 0 saturated carbocycles. The molecule has 2 amide bonds. The number of aryl methyl sites for hydroxylation is 1. The van der Waals surface area contributed by atoms with Crippen LogP contribution in [0.1, 0.15) is 29.5 Å². The zero-order valence-corrected chi connectivity index (χ0v) is 13.6. The predicted molar refractivity (Wildman–Crippen MR) is 87.1 cm³/mol. The van der Waals surface area contributed by atoms with Gasteiger partial charge >= 0.3 is 0 Å². The second-order valence-electron chi connectivity index (χ2n) is 5.73. The van der Waals surface area contributed by atoms with Crippen molar-refractivity contribution in [3.63, 3.8) is 0 Å². The highest BCUT2D eigenvalue weighted by Gasteiger charge is 2.14. The first-order valence-corrected chi connectivity index (χ1v) is 7.52. The minimum atomic E-state index is -0.455. The Morgan fingerprint density at radius 1 is 1.43 bits per heavy atom. The second kappa shape index (κ2) is 7.23. The molecule has 0 aliphatic heterocycles. The lowest BCUT2D eigenvalue weighted by Gasteiger charge is -2.18. The zero-order valence-electron chi connectivity index (χ0n) is 13.6. The van der Waals surface area contributed by atoms with Gasteiger partial charge in [0.1, 0.15) is 5.69 Å². The third-order valence-electron chi connectivity index (χ3n) is 3.59. The van der Waals surface area contributed by atoms with Crippen LogP contribution >= 0.6 is 0 Å². The van der Waals surface area contributed by atoms with Gasteiger partial charge in [0.15, 0.2) is 0 Å². The normalized spacial score (nSPS) is 12.2. The van der Waals surface area contributed by atoms with E-state index in [1.54, 1.807) is 26.2 Å². The van der Waals surface area contributed by atoms with Crippen LogP contribution in [0.3, 0.4) is 0 Å². The summed E-state index contributed by atoms with van der Waals surface area (Å²) in [5, 5.41) is 12.7. The third-order valence-corrected chi connectivity index (χ3v) is 3.59. The van der Waals surface area contributed by atoms with Gasteiger partial charge in [0.25, 0.3) is 5.91 Å². The minimum Gasteiger partial charge on any atom is -0.393 e. The summed E-state index contributed by atoms with van der Waals surface area (Å²) in [5.41, 5.74) is 2.05. The summed E-state index contributed by atoms with van der Waals surface area (Å²) in [6.07, 6.45) is 1.73. The van der Waals surface area contributed by atoms with Crippen molar-refractivity contribution < 1.29 is 14.7 Å². The Hall–Kier alpha value is -2.41. The molecule has 0 aromatic carbocycles. The minimum absolute atomic E-state index is 0.0816. The number of nitrogens with zero attached hydrogens (tertiary/aromatic N) is 2. The fourth-order valence-electron chi connectivity index (χ4n) is 2.16. The standard InChI is InChI=1S/C16H22N4O3/c1-10-6-12-7-13(19-14(12)8-17-10)16(23)18-9-15(22)20(3)5-4-11(2)21/h6-8,11,19,21H,4-5,9H2,1-3H3,(H,18,23). The lowest BCUT2D eigenvalue weighted by atomic mass is 10.2. The average Bonchev–Trinajstić information content (AvgIpc) is 2.92. The lowest BCUT2D eigenvalue weighted by molar-refractivity contribution is -0.129. The molecule has 2 rings (SSSR count). The molecule has 0 spiro atoms. The number of H-pyrrole nitrogens is 1. The van der Waals surface area contributed by atoms with E-state index in [1.807, 2.05) is 13.0 Å². The molecule has 0 fully saturated rings. The SMILES string of the molecule is Cc1cc2cc(C(=O)NCC(=O)N(C)CCC(C)O)[nH]c2cn1. The average molecular weight is 318 g/mol. The summed E-state index contributed by atoms with van der Waals surface area (Å²) < 4.78 is 0. The van der Waals surface area contributed by atoms with Gasteiger partial charge < -0.3 is 20.3 Å². The quantitative estimate of drug-likeness (QED) is 0.735. The number of aromatic amines is 1. The Morgan fingerprint density at radius 3 is 2.87 bits per heavy atom. The number of nitrogens with one attached hydrogen (secondary N) is 2. The number of likely N-dealkylation sites (N-methyl/N-ethyl adjacent to an activating group) is 1. The topological polar surface area (TPSA) is 98.3 Å². The van der Waals surface area contributed by atoms with Crippen molar-refractivity contribution in [1.29, 1.82) is 0 Å². The molecular formula is C16H22N4O3. The maximum atomic E-state index is 12.1. The van der Waals surface area contributed by atoms with Crippen LogP contribution in [0.4, 0.5) is 0 Å². The van der Waals surface area contributed by atoms with Crippen LogP contribution in [-0.2, 0) is 4.79 Å². The van der Waals surface area contributed by atoms with E-state index in [0.29, 0.717) is 18.7 Å². The van der Waals surface area contributed by atoms with Gasteiger partial charge in [0.05, 0.1) is 24.4 Å². The van der Waals surface area contributed by atoms with Gasteiger partial charge in [0, 0.05) is 24.7 Å². The fraction of sp³-hybridized carbons (Fsp3) is 0.438. The molecule has 0 radical (unpaired) electrons. The maximum absolute atomic E-state index is 12.1. The monoisotopic (exact) mass is 318 g/mol. The highest BCUT2D eigenvalue weighted by molar-refractivity contribution is 5.99. The van der Waals surface area contributed by atoms with E-state index in [9.17, 15) is 14.7 Å². The van der Waals surface area contributed by atoms with E-state index >= 15 is 0 Å². The van der Waals surface area contributed by atoms with Gasteiger partial charge in [-0.3, -0.25) is 14.6 Å². The van der Waals surface area contributed by atoms with Crippen molar-refractivity contribution in [2.24, 2.45) is 0 Å². The van der Waals surface area contributed by atoms with Crippen LogP contribution in [0.25, 0.3) is 10.9 Å². The Bertz CT molecular complexity index is 708. The first kappa shape index (κ1) is 17.0. The smallest absolute Gasteiger partial charge is 0.268 e. The van der Waals surface area contributed by atoms with Gasteiger partial charge in [-0.15, -0.1) is 0 Å². The van der Waals surface area contributed by atoms with Crippen molar-refractivity contribution >= 4 is 22.7 Å². The highest BCUT2D eigenvalue weighted by Crippen LogP contribution is 2.15. The molecule has 2 aromatic heterocycles. The van der Waals surface area contributed by atoms with E-state index < -0.39 is 6.10 Å². The molecule has 1 unspecified atom stereocenters. The molecule has 7 heteroatoms. The van der Waals surface area contributed by atoms with Gasteiger partial charge in [-0.1, -0.05) is 0 Å². The number of aromatic nitrogens is 2. The number of carbonyl (C=O) groups is 2. The van der Waals surface area contributed by atoms with Crippen LogP contribution in [0.2, 0.25) is 0 Å². The largest absolute Gasteiger partial charge is 0.393 e. The van der Waals surface area contributed by atoms with Crippen molar-refractivity contribution in [2.45, 2.75) is 26.4 Å². The van der Waals surface area contributed by atoms with Crippen molar-refractivity contribution in [3.8, 4) is 0 Å². The summed E-state index contributed by atoms with van der Waals surface area (Å²) in [5.74, 6) is -0.538. The summed E-state index contributed by atoms with van der Waals surface area (Å²) >= 11 is 0. The lowest BCUT2D eigenvalue weighted by Crippen LogP contribution is -2.39. The molecule has 2 aromatic rings. The molecule has 2 heterocycles. The number of carbonyl (C=O) groups excluding carboxylic acids is 2. The number of fused-ring (bicyclic) bond motifs is 1. The summed E-state index contributed by atoms with van der Waals surface area (Å²) in [6, 6.07) is 3.62. The van der Waals surface area contributed by atoms with Crippen molar-refractivity contribution in [2.75, 3.05) is 20.1 Å². The molecular weight excluding hydrogens is 296 g/mol. The Balaban J connectivity index is 1.91. The van der Waals surface area contributed by atoms with Gasteiger partial charge in [-0.2, -0.15) is 0 Å². The van der Waals surface area contributed by atoms with Crippen molar-refractivity contribution in [3.05, 3.63) is 29.7 Å². The Kier molecular flexibility index (Phi) is 5.33. The van der Waals surface area contributed by atoms with Gasteiger partial charge in [-0.05, 0) is 32.4 Å².